The normalized spacial score (nSPS) is 14.8. The van der Waals surface area contributed by atoms with Crippen LogP contribution in [0.3, 0.4) is 0 Å². The van der Waals surface area contributed by atoms with Gasteiger partial charge in [-0.15, -0.1) is 0 Å². The Balaban J connectivity index is 1.49. The van der Waals surface area contributed by atoms with Crippen LogP contribution in [-0.2, 0) is 5.54 Å². The van der Waals surface area contributed by atoms with Crippen molar-refractivity contribution in [2.45, 2.75) is 31.7 Å². The van der Waals surface area contributed by atoms with Crippen molar-refractivity contribution in [2.24, 2.45) is 5.73 Å². The van der Waals surface area contributed by atoms with Crippen LogP contribution in [0.2, 0.25) is 0 Å². The molecule has 4 nitrogen and oxygen atoms in total. The molecule has 3 aromatic carbocycles. The second-order valence-corrected chi connectivity index (χ2v) is 9.15. The number of hydrogen-bond donors (Lipinski definition) is 1. The number of nitrogens with two attached hydrogens (primary N) is 1. The zero-order valence-electron chi connectivity index (χ0n) is 18.7. The fourth-order valence-corrected chi connectivity index (χ4v) is 4.64. The minimum absolute atomic E-state index is 0.160. The molecule has 6 rings (SSSR count). The molecule has 2 N–H and O–H groups in total. The van der Waals surface area contributed by atoms with Crippen LogP contribution >= 0.6 is 0 Å². The summed E-state index contributed by atoms with van der Waals surface area (Å²) < 4.78 is 1.89. The topological polar surface area (TPSA) is 56.2 Å². The number of benzene rings is 3. The van der Waals surface area contributed by atoms with E-state index < -0.39 is 0 Å². The van der Waals surface area contributed by atoms with Crippen molar-refractivity contribution in [1.29, 1.82) is 0 Å². The lowest BCUT2D eigenvalue weighted by Crippen LogP contribution is -2.43. The van der Waals surface area contributed by atoms with Crippen molar-refractivity contribution in [1.82, 2.24) is 14.6 Å². The Kier molecular flexibility index (Phi) is 4.63. The highest BCUT2D eigenvalue weighted by Crippen LogP contribution is 2.40. The lowest BCUT2D eigenvalue weighted by atomic mass is 9.72. The summed E-state index contributed by atoms with van der Waals surface area (Å²) in [6, 6.07) is 29.5. The highest BCUT2D eigenvalue weighted by atomic mass is 15.2. The summed E-state index contributed by atoms with van der Waals surface area (Å²) in [5, 5.41) is 4.84. The van der Waals surface area contributed by atoms with Gasteiger partial charge in [0.25, 0.3) is 0 Å². The van der Waals surface area contributed by atoms with Crippen molar-refractivity contribution in [3.05, 3.63) is 102 Å². The first-order valence-electron chi connectivity index (χ1n) is 11.5. The van der Waals surface area contributed by atoms with Gasteiger partial charge in [-0.05, 0) is 37.3 Å². The van der Waals surface area contributed by atoms with Gasteiger partial charge < -0.3 is 5.73 Å². The molecule has 2 aromatic heterocycles. The number of hydrogen-bond acceptors (Lipinski definition) is 3. The minimum atomic E-state index is -0.160. The Morgan fingerprint density at radius 1 is 0.818 bits per heavy atom. The molecule has 0 atom stereocenters. The van der Waals surface area contributed by atoms with Crippen LogP contribution in [0.15, 0.2) is 91.1 Å². The van der Waals surface area contributed by atoms with Crippen LogP contribution in [-0.4, -0.2) is 14.6 Å². The van der Waals surface area contributed by atoms with E-state index in [0.717, 1.165) is 52.1 Å². The lowest BCUT2D eigenvalue weighted by Gasteiger charge is -2.38. The molecule has 0 amide bonds. The molecule has 1 aliphatic carbocycles. The summed E-state index contributed by atoms with van der Waals surface area (Å²) in [7, 11) is 0. The molecule has 1 fully saturated rings. The molecular weight excluding hydrogens is 404 g/mol. The molecule has 2 heterocycles. The number of rotatable bonds is 4. The molecule has 162 valence electrons. The van der Waals surface area contributed by atoms with Gasteiger partial charge in [-0.3, -0.25) is 0 Å². The van der Waals surface area contributed by atoms with E-state index >= 15 is 0 Å². The number of aryl methyl sites for hydroxylation is 1. The first-order valence-corrected chi connectivity index (χ1v) is 11.5. The molecule has 33 heavy (non-hydrogen) atoms. The van der Waals surface area contributed by atoms with E-state index in [1.165, 1.54) is 17.5 Å². The Morgan fingerprint density at radius 3 is 2.18 bits per heavy atom. The molecular formula is C29H26N4. The molecule has 0 bridgehead atoms. The number of fused-ring (bicyclic) bond motifs is 1. The Morgan fingerprint density at radius 2 is 1.52 bits per heavy atom. The highest BCUT2D eigenvalue weighted by Gasteiger charge is 2.34. The van der Waals surface area contributed by atoms with Gasteiger partial charge >= 0.3 is 0 Å². The largest absolute Gasteiger partial charge is 0.321 e. The molecule has 4 heteroatoms. The first kappa shape index (κ1) is 19.9. The van der Waals surface area contributed by atoms with E-state index in [2.05, 4.69) is 92.0 Å². The van der Waals surface area contributed by atoms with Crippen LogP contribution < -0.4 is 5.73 Å². The Bertz CT molecular complexity index is 1430. The molecule has 5 aromatic rings. The quantitative estimate of drug-likeness (QED) is 0.360. The van der Waals surface area contributed by atoms with Crippen molar-refractivity contribution < 1.29 is 0 Å². The summed E-state index contributed by atoms with van der Waals surface area (Å²) in [5.74, 6) is 0. The van der Waals surface area contributed by atoms with Crippen molar-refractivity contribution in [3.63, 3.8) is 0 Å². The summed E-state index contributed by atoms with van der Waals surface area (Å²) in [6.07, 6.45) is 5.42. The third-order valence-corrected chi connectivity index (χ3v) is 6.86. The molecule has 0 aliphatic heterocycles. The van der Waals surface area contributed by atoms with Gasteiger partial charge in [-0.1, -0.05) is 84.4 Å². The maximum Gasteiger partial charge on any atom is 0.156 e. The SMILES string of the molecule is Cc1ccc(-c2cc3nc(-c4ccc(C5(N)CCC5)cc4)c(-c4ccccc4)cn3n2)cc1. The lowest BCUT2D eigenvalue weighted by molar-refractivity contribution is 0.253. The monoisotopic (exact) mass is 430 g/mol. The summed E-state index contributed by atoms with van der Waals surface area (Å²) >= 11 is 0. The van der Waals surface area contributed by atoms with E-state index in [-0.39, 0.29) is 5.54 Å². The van der Waals surface area contributed by atoms with Gasteiger partial charge in [0.2, 0.25) is 0 Å². The molecule has 1 aliphatic rings. The highest BCUT2D eigenvalue weighted by molar-refractivity contribution is 5.82. The van der Waals surface area contributed by atoms with Gasteiger partial charge in [0.15, 0.2) is 5.65 Å². The number of nitrogens with zero attached hydrogens (tertiary/aromatic N) is 3. The molecule has 0 unspecified atom stereocenters. The zero-order chi connectivity index (χ0) is 22.4. The maximum atomic E-state index is 6.55. The summed E-state index contributed by atoms with van der Waals surface area (Å²) in [5.41, 5.74) is 15.9. The fraction of sp³-hybridized carbons (Fsp3) is 0.172. The fourth-order valence-electron chi connectivity index (χ4n) is 4.64. The van der Waals surface area contributed by atoms with Gasteiger partial charge in [0.1, 0.15) is 0 Å². The smallest absolute Gasteiger partial charge is 0.156 e. The molecule has 0 radical (unpaired) electrons. The standard InChI is InChI=1S/C29H26N4/c1-20-8-10-22(11-9-20)26-18-27-31-28(23-12-14-24(15-13-23)29(30)16-5-17-29)25(19-33(27)32-26)21-6-3-2-4-7-21/h2-4,6-15,18-19H,5,16-17,30H2,1H3. The van der Waals surface area contributed by atoms with Crippen LogP contribution in [0, 0.1) is 6.92 Å². The molecule has 0 saturated heterocycles. The van der Waals surface area contributed by atoms with Crippen molar-refractivity contribution in [3.8, 4) is 33.6 Å². The Hall–Kier alpha value is -3.76. The maximum absolute atomic E-state index is 6.55. The van der Waals surface area contributed by atoms with E-state index in [0.29, 0.717) is 0 Å². The van der Waals surface area contributed by atoms with Gasteiger partial charge in [0.05, 0.1) is 11.4 Å². The van der Waals surface area contributed by atoms with Crippen LogP contribution in [0.25, 0.3) is 39.3 Å². The van der Waals surface area contributed by atoms with E-state index in [1.807, 2.05) is 10.6 Å². The van der Waals surface area contributed by atoms with Gasteiger partial charge in [-0.25, -0.2) is 9.50 Å². The van der Waals surface area contributed by atoms with E-state index in [9.17, 15) is 0 Å². The van der Waals surface area contributed by atoms with E-state index in [4.69, 9.17) is 15.8 Å². The Labute approximate surface area is 193 Å². The third-order valence-electron chi connectivity index (χ3n) is 6.86. The van der Waals surface area contributed by atoms with Crippen LogP contribution in [0.4, 0.5) is 0 Å². The zero-order valence-corrected chi connectivity index (χ0v) is 18.7. The average Bonchev–Trinajstić information content (AvgIpc) is 3.26. The van der Waals surface area contributed by atoms with Crippen LogP contribution in [0.5, 0.6) is 0 Å². The van der Waals surface area contributed by atoms with E-state index in [1.54, 1.807) is 0 Å². The molecule has 1 saturated carbocycles. The second-order valence-electron chi connectivity index (χ2n) is 9.15. The second kappa shape index (κ2) is 7.68. The first-order chi connectivity index (χ1) is 16.1. The average molecular weight is 431 g/mol. The van der Waals surface area contributed by atoms with Crippen LogP contribution in [0.1, 0.15) is 30.4 Å². The predicted molar refractivity (Wildman–Crippen MR) is 134 cm³/mol. The minimum Gasteiger partial charge on any atom is -0.321 e. The summed E-state index contributed by atoms with van der Waals surface area (Å²) in [4.78, 5) is 5.08. The predicted octanol–water partition coefficient (Wildman–Crippen LogP) is 6.38. The van der Waals surface area contributed by atoms with Gasteiger partial charge in [0, 0.05) is 34.5 Å². The summed E-state index contributed by atoms with van der Waals surface area (Å²) in [6.45, 7) is 2.09. The van der Waals surface area contributed by atoms with Crippen molar-refractivity contribution >= 4 is 5.65 Å². The van der Waals surface area contributed by atoms with Gasteiger partial charge in [-0.2, -0.15) is 5.10 Å². The number of aromatic nitrogens is 3. The third kappa shape index (κ3) is 3.53. The molecule has 0 spiro atoms. The van der Waals surface area contributed by atoms with Crippen molar-refractivity contribution in [2.75, 3.05) is 0 Å².